The number of nitrogens with zero attached hydrogens (tertiary/aromatic N) is 1. The summed E-state index contributed by atoms with van der Waals surface area (Å²) in [7, 11) is 1.44. The molecule has 1 aromatic rings. The molecule has 0 aromatic heterocycles. The maximum Gasteiger partial charge on any atom is 0.416 e. The molecule has 1 unspecified atom stereocenters. The Labute approximate surface area is 119 Å². The Morgan fingerprint density at radius 1 is 1.38 bits per heavy atom. The number of anilines is 1. The number of carboxylic acid groups (broad SMARTS) is 1. The molecule has 21 heavy (non-hydrogen) atoms. The Balaban J connectivity index is 2.69. The van der Waals surface area contributed by atoms with E-state index >= 15 is 0 Å². The number of hydrogen-bond donors (Lipinski definition) is 2. The van der Waals surface area contributed by atoms with Crippen LogP contribution >= 0.6 is 0 Å². The van der Waals surface area contributed by atoms with Gasteiger partial charge < -0.3 is 10.4 Å². The highest BCUT2D eigenvalue weighted by atomic mass is 19.4. The van der Waals surface area contributed by atoms with Crippen LogP contribution in [0.25, 0.3) is 0 Å². The number of carbonyl (C=O) groups is 2. The lowest BCUT2D eigenvalue weighted by atomic mass is 10.2. The Hall–Kier alpha value is -2.09. The molecular formula is C13H15F3N2O3. The zero-order valence-electron chi connectivity index (χ0n) is 11.4. The van der Waals surface area contributed by atoms with E-state index in [0.717, 1.165) is 12.1 Å². The van der Waals surface area contributed by atoms with Crippen molar-refractivity contribution in [3.63, 3.8) is 0 Å². The summed E-state index contributed by atoms with van der Waals surface area (Å²) in [6.45, 7) is 1.16. The highest BCUT2D eigenvalue weighted by Crippen LogP contribution is 2.30. The summed E-state index contributed by atoms with van der Waals surface area (Å²) < 4.78 is 37.6. The molecule has 0 aliphatic heterocycles. The molecule has 2 N–H and O–H groups in total. The van der Waals surface area contributed by atoms with Gasteiger partial charge >= 0.3 is 12.1 Å². The third-order valence-electron chi connectivity index (χ3n) is 2.89. The van der Waals surface area contributed by atoms with Crippen molar-refractivity contribution in [2.75, 3.05) is 18.9 Å². The number of likely N-dealkylation sites (N-methyl/N-ethyl adjacent to an activating group) is 1. The molecule has 1 rings (SSSR count). The lowest BCUT2D eigenvalue weighted by Crippen LogP contribution is -2.40. The highest BCUT2D eigenvalue weighted by molar-refractivity contribution is 5.92. The quantitative estimate of drug-likeness (QED) is 0.873. The number of hydrogen-bond acceptors (Lipinski definition) is 3. The molecule has 116 valence electrons. The van der Waals surface area contributed by atoms with Gasteiger partial charge in [-0.05, 0) is 32.2 Å². The summed E-state index contributed by atoms with van der Waals surface area (Å²) in [5, 5.41) is 11.1. The number of alkyl halides is 3. The summed E-state index contributed by atoms with van der Waals surface area (Å²) in [5.74, 6) is -1.69. The topological polar surface area (TPSA) is 69.6 Å². The lowest BCUT2D eigenvalue weighted by molar-refractivity contribution is -0.142. The lowest BCUT2D eigenvalue weighted by Gasteiger charge is -2.20. The maximum atomic E-state index is 12.5. The Morgan fingerprint density at radius 3 is 2.52 bits per heavy atom. The number of amides is 1. The number of benzene rings is 1. The van der Waals surface area contributed by atoms with Gasteiger partial charge in [-0.25, -0.2) is 0 Å². The average molecular weight is 304 g/mol. The minimum Gasteiger partial charge on any atom is -0.480 e. The van der Waals surface area contributed by atoms with Crippen molar-refractivity contribution in [3.8, 4) is 0 Å². The number of carbonyl (C=O) groups excluding carboxylic acids is 1. The molecule has 0 aliphatic carbocycles. The standard InChI is InChI=1S/C13H15F3N2O3/c1-8(12(20)21)18(2)7-11(19)17-10-5-3-4-9(6-10)13(14,15)16/h3-6,8H,7H2,1-2H3,(H,17,19)(H,20,21). The van der Waals surface area contributed by atoms with Crippen molar-refractivity contribution in [3.05, 3.63) is 29.8 Å². The Bertz CT molecular complexity index is 532. The van der Waals surface area contributed by atoms with Gasteiger partial charge in [0, 0.05) is 5.69 Å². The van der Waals surface area contributed by atoms with Gasteiger partial charge in [0.05, 0.1) is 12.1 Å². The second-order valence-electron chi connectivity index (χ2n) is 4.56. The minimum atomic E-state index is -4.49. The fourth-order valence-corrected chi connectivity index (χ4v) is 1.53. The molecule has 0 heterocycles. The van der Waals surface area contributed by atoms with E-state index in [1.807, 2.05) is 0 Å². The van der Waals surface area contributed by atoms with Crippen LogP contribution < -0.4 is 5.32 Å². The summed E-state index contributed by atoms with van der Waals surface area (Å²) in [6, 6.07) is 3.35. The third kappa shape index (κ3) is 5.07. The van der Waals surface area contributed by atoms with Crippen LogP contribution in [0.1, 0.15) is 12.5 Å². The van der Waals surface area contributed by atoms with E-state index in [1.165, 1.54) is 31.0 Å². The predicted molar refractivity (Wildman–Crippen MR) is 69.8 cm³/mol. The van der Waals surface area contributed by atoms with Crippen LogP contribution in [0.5, 0.6) is 0 Å². The minimum absolute atomic E-state index is 0.00574. The number of aliphatic carboxylic acids is 1. The number of halogens is 3. The normalized spacial score (nSPS) is 13.0. The van der Waals surface area contributed by atoms with Crippen LogP contribution in [0, 0.1) is 0 Å². The van der Waals surface area contributed by atoms with E-state index in [-0.39, 0.29) is 12.2 Å². The van der Waals surface area contributed by atoms with E-state index in [4.69, 9.17) is 5.11 Å². The molecule has 1 aromatic carbocycles. The monoisotopic (exact) mass is 304 g/mol. The molecule has 0 spiro atoms. The van der Waals surface area contributed by atoms with Crippen molar-refractivity contribution >= 4 is 17.6 Å². The van der Waals surface area contributed by atoms with Crippen LogP contribution in [-0.2, 0) is 15.8 Å². The smallest absolute Gasteiger partial charge is 0.416 e. The van der Waals surface area contributed by atoms with Gasteiger partial charge in [0.25, 0.3) is 0 Å². The second kappa shape index (κ2) is 6.57. The molecule has 0 aliphatic rings. The van der Waals surface area contributed by atoms with E-state index in [9.17, 15) is 22.8 Å². The summed E-state index contributed by atoms with van der Waals surface area (Å²) >= 11 is 0. The van der Waals surface area contributed by atoms with Crippen molar-refractivity contribution in [1.29, 1.82) is 0 Å². The fraction of sp³-hybridized carbons (Fsp3) is 0.385. The van der Waals surface area contributed by atoms with Crippen molar-refractivity contribution in [1.82, 2.24) is 4.90 Å². The zero-order chi connectivity index (χ0) is 16.2. The first-order valence-corrected chi connectivity index (χ1v) is 6.01. The number of carboxylic acids is 1. The summed E-state index contributed by atoms with van der Waals surface area (Å²) in [4.78, 5) is 23.7. The molecular weight excluding hydrogens is 289 g/mol. The molecule has 0 bridgehead atoms. The molecule has 0 saturated heterocycles. The molecule has 0 radical (unpaired) electrons. The van der Waals surface area contributed by atoms with Gasteiger partial charge in [-0.2, -0.15) is 13.2 Å². The molecule has 0 fully saturated rings. The number of rotatable bonds is 5. The van der Waals surface area contributed by atoms with Gasteiger partial charge in [-0.15, -0.1) is 0 Å². The fourth-order valence-electron chi connectivity index (χ4n) is 1.53. The first-order valence-electron chi connectivity index (χ1n) is 6.01. The first-order chi connectivity index (χ1) is 9.61. The van der Waals surface area contributed by atoms with Gasteiger partial charge in [0.1, 0.15) is 6.04 Å². The van der Waals surface area contributed by atoms with E-state index in [2.05, 4.69) is 5.32 Å². The van der Waals surface area contributed by atoms with Gasteiger partial charge in [-0.1, -0.05) is 6.07 Å². The van der Waals surface area contributed by atoms with Crippen molar-refractivity contribution in [2.24, 2.45) is 0 Å². The third-order valence-corrected chi connectivity index (χ3v) is 2.89. The molecule has 1 atom stereocenters. The van der Waals surface area contributed by atoms with E-state index < -0.39 is 29.7 Å². The largest absolute Gasteiger partial charge is 0.480 e. The van der Waals surface area contributed by atoms with Crippen LogP contribution in [0.15, 0.2) is 24.3 Å². The summed E-state index contributed by atoms with van der Waals surface area (Å²) in [6.07, 6.45) is -4.49. The van der Waals surface area contributed by atoms with Crippen LogP contribution in [0.2, 0.25) is 0 Å². The van der Waals surface area contributed by atoms with E-state index in [1.54, 1.807) is 0 Å². The zero-order valence-corrected chi connectivity index (χ0v) is 11.4. The molecule has 0 saturated carbocycles. The van der Waals surface area contributed by atoms with Gasteiger partial charge in [-0.3, -0.25) is 14.5 Å². The molecule has 5 nitrogen and oxygen atoms in total. The highest BCUT2D eigenvalue weighted by Gasteiger charge is 2.30. The van der Waals surface area contributed by atoms with Gasteiger partial charge in [0.2, 0.25) is 5.91 Å². The Morgan fingerprint density at radius 2 is 2.00 bits per heavy atom. The van der Waals surface area contributed by atoms with Crippen molar-refractivity contribution in [2.45, 2.75) is 19.1 Å². The van der Waals surface area contributed by atoms with Gasteiger partial charge in [0.15, 0.2) is 0 Å². The maximum absolute atomic E-state index is 12.5. The van der Waals surface area contributed by atoms with Crippen molar-refractivity contribution < 1.29 is 27.9 Å². The predicted octanol–water partition coefficient (Wildman–Crippen LogP) is 2.05. The SMILES string of the molecule is CC(C(=O)O)N(C)CC(=O)Nc1cccc(C(F)(F)F)c1. The number of nitrogens with one attached hydrogen (secondary N) is 1. The Kier molecular flexibility index (Phi) is 5.31. The summed E-state index contributed by atoms with van der Waals surface area (Å²) in [5.41, 5.74) is -0.862. The first kappa shape index (κ1) is 17.0. The van der Waals surface area contributed by atoms with Crippen LogP contribution in [0.3, 0.4) is 0 Å². The molecule has 1 amide bonds. The van der Waals surface area contributed by atoms with Crippen LogP contribution in [-0.4, -0.2) is 41.5 Å². The van der Waals surface area contributed by atoms with Crippen LogP contribution in [0.4, 0.5) is 18.9 Å². The van der Waals surface area contributed by atoms with E-state index in [0.29, 0.717) is 0 Å². The average Bonchev–Trinajstić information content (AvgIpc) is 2.36. The molecule has 8 heteroatoms. The second-order valence-corrected chi connectivity index (χ2v) is 4.56.